The lowest BCUT2D eigenvalue weighted by atomic mass is 9.80. The van der Waals surface area contributed by atoms with Crippen LogP contribution in [0.5, 0.6) is 0 Å². The molecule has 100 valence electrons. The van der Waals surface area contributed by atoms with Gasteiger partial charge in [-0.15, -0.1) is 12.3 Å². The van der Waals surface area contributed by atoms with Gasteiger partial charge in [0.1, 0.15) is 0 Å². The van der Waals surface area contributed by atoms with Gasteiger partial charge in [0.05, 0.1) is 0 Å². The van der Waals surface area contributed by atoms with Crippen LogP contribution in [0.15, 0.2) is 0 Å². The van der Waals surface area contributed by atoms with Crippen molar-refractivity contribution in [2.75, 3.05) is 13.1 Å². The van der Waals surface area contributed by atoms with Crippen molar-refractivity contribution in [2.45, 2.75) is 39.7 Å². The Labute approximate surface area is 110 Å². The van der Waals surface area contributed by atoms with Gasteiger partial charge in [-0.1, -0.05) is 20.8 Å². The lowest BCUT2D eigenvalue weighted by Gasteiger charge is -2.35. The molecule has 0 aromatic heterocycles. The third-order valence-corrected chi connectivity index (χ3v) is 4.86. The molecule has 0 aromatic rings. The van der Waals surface area contributed by atoms with E-state index in [0.717, 1.165) is 13.0 Å². The highest BCUT2D eigenvalue weighted by Gasteiger charge is 2.50. The van der Waals surface area contributed by atoms with Gasteiger partial charge in [0.2, 0.25) is 5.91 Å². The summed E-state index contributed by atoms with van der Waals surface area (Å²) in [5.74, 6) is 3.92. The summed E-state index contributed by atoms with van der Waals surface area (Å²) in [6.45, 7) is 8.13. The van der Waals surface area contributed by atoms with E-state index in [-0.39, 0.29) is 23.3 Å². The van der Waals surface area contributed by atoms with Crippen LogP contribution in [0.4, 0.5) is 0 Å². The SMILES string of the molecule is C#CC1CC(=O)N(C2C(C)CC(C)(C)C2CN)C1. The molecule has 0 radical (unpaired) electrons. The van der Waals surface area contributed by atoms with Gasteiger partial charge in [0.15, 0.2) is 0 Å². The van der Waals surface area contributed by atoms with E-state index < -0.39 is 0 Å². The molecule has 1 aliphatic heterocycles. The average molecular weight is 248 g/mol. The Kier molecular flexibility index (Phi) is 3.42. The third-order valence-electron chi connectivity index (χ3n) is 4.86. The summed E-state index contributed by atoms with van der Waals surface area (Å²) in [6, 6.07) is 0.274. The van der Waals surface area contributed by atoms with Crippen molar-refractivity contribution >= 4 is 5.91 Å². The van der Waals surface area contributed by atoms with Crippen LogP contribution in [0.25, 0.3) is 0 Å². The van der Waals surface area contributed by atoms with Crippen molar-refractivity contribution in [3.63, 3.8) is 0 Å². The molecule has 3 nitrogen and oxygen atoms in total. The van der Waals surface area contributed by atoms with Crippen LogP contribution in [0.3, 0.4) is 0 Å². The molecule has 4 unspecified atom stereocenters. The largest absolute Gasteiger partial charge is 0.338 e. The molecule has 3 heteroatoms. The van der Waals surface area contributed by atoms with Gasteiger partial charge in [-0.25, -0.2) is 0 Å². The predicted molar refractivity (Wildman–Crippen MR) is 72.5 cm³/mol. The molecule has 1 aliphatic carbocycles. The Bertz CT molecular complexity index is 382. The van der Waals surface area contributed by atoms with E-state index in [9.17, 15) is 4.79 Å². The zero-order valence-corrected chi connectivity index (χ0v) is 11.6. The summed E-state index contributed by atoms with van der Waals surface area (Å²) in [5, 5.41) is 0. The number of terminal acetylenes is 1. The van der Waals surface area contributed by atoms with E-state index in [1.807, 2.05) is 4.90 Å². The number of carbonyl (C=O) groups is 1. The normalized spacial score (nSPS) is 39.1. The van der Waals surface area contributed by atoms with Gasteiger partial charge in [-0.2, -0.15) is 0 Å². The molecule has 0 bridgehead atoms. The molecule has 1 heterocycles. The molecule has 1 amide bonds. The highest BCUT2D eigenvalue weighted by Crippen LogP contribution is 2.48. The fourth-order valence-electron chi connectivity index (χ4n) is 4.08. The first-order valence-corrected chi connectivity index (χ1v) is 6.86. The molecule has 0 spiro atoms. The molecule has 18 heavy (non-hydrogen) atoms. The standard InChI is InChI=1S/C15H24N2O/c1-5-11-6-13(18)17(9-11)14-10(2)7-15(3,4)12(14)8-16/h1,10-12,14H,6-9,16H2,2-4H3. The fraction of sp³-hybridized carbons (Fsp3) is 0.800. The first-order valence-electron chi connectivity index (χ1n) is 6.86. The van der Waals surface area contributed by atoms with E-state index in [1.54, 1.807) is 0 Å². The molecular formula is C15H24N2O. The molecule has 2 N–H and O–H groups in total. The lowest BCUT2D eigenvalue weighted by molar-refractivity contribution is -0.131. The smallest absolute Gasteiger partial charge is 0.224 e. The first-order chi connectivity index (χ1) is 8.40. The summed E-state index contributed by atoms with van der Waals surface area (Å²) in [5.41, 5.74) is 6.18. The molecule has 2 aliphatic rings. The van der Waals surface area contributed by atoms with Gasteiger partial charge >= 0.3 is 0 Å². The Morgan fingerprint density at radius 2 is 2.22 bits per heavy atom. The second-order valence-electron chi connectivity index (χ2n) is 6.62. The number of nitrogens with zero attached hydrogens (tertiary/aromatic N) is 1. The van der Waals surface area contributed by atoms with E-state index in [4.69, 9.17) is 12.2 Å². The molecule has 0 aromatic carbocycles. The Balaban J connectivity index is 2.22. The van der Waals surface area contributed by atoms with E-state index in [0.29, 0.717) is 24.8 Å². The quantitative estimate of drug-likeness (QED) is 0.752. The monoisotopic (exact) mass is 248 g/mol. The Hall–Kier alpha value is -1.01. The van der Waals surface area contributed by atoms with Crippen molar-refractivity contribution in [3.05, 3.63) is 0 Å². The van der Waals surface area contributed by atoms with Crippen molar-refractivity contribution in [1.29, 1.82) is 0 Å². The van der Waals surface area contributed by atoms with Crippen molar-refractivity contribution in [1.82, 2.24) is 4.90 Å². The van der Waals surface area contributed by atoms with Crippen LogP contribution < -0.4 is 5.73 Å². The Morgan fingerprint density at radius 1 is 1.56 bits per heavy atom. The number of nitrogens with two attached hydrogens (primary N) is 1. The first kappa shape index (κ1) is 13.4. The number of amides is 1. The van der Waals surface area contributed by atoms with Crippen LogP contribution in [0.2, 0.25) is 0 Å². The zero-order valence-electron chi connectivity index (χ0n) is 11.6. The summed E-state index contributed by atoms with van der Waals surface area (Å²) < 4.78 is 0. The third kappa shape index (κ3) is 2.03. The molecule has 2 fully saturated rings. The lowest BCUT2D eigenvalue weighted by Crippen LogP contribution is -2.46. The topological polar surface area (TPSA) is 46.3 Å². The minimum Gasteiger partial charge on any atom is -0.338 e. The summed E-state index contributed by atoms with van der Waals surface area (Å²) in [4.78, 5) is 14.2. The zero-order chi connectivity index (χ0) is 13.5. The number of hydrogen-bond donors (Lipinski definition) is 1. The minimum absolute atomic E-state index is 0.0897. The van der Waals surface area contributed by atoms with Crippen molar-refractivity contribution in [3.8, 4) is 12.3 Å². The van der Waals surface area contributed by atoms with Crippen LogP contribution in [0.1, 0.15) is 33.6 Å². The number of hydrogen-bond acceptors (Lipinski definition) is 2. The molecule has 1 saturated heterocycles. The highest BCUT2D eigenvalue weighted by atomic mass is 16.2. The molecular weight excluding hydrogens is 224 g/mol. The van der Waals surface area contributed by atoms with Crippen LogP contribution in [-0.2, 0) is 4.79 Å². The van der Waals surface area contributed by atoms with Crippen LogP contribution in [-0.4, -0.2) is 29.9 Å². The number of rotatable bonds is 2. The molecule has 2 rings (SSSR count). The van der Waals surface area contributed by atoms with E-state index in [2.05, 4.69) is 26.7 Å². The molecule has 1 saturated carbocycles. The van der Waals surface area contributed by atoms with Crippen molar-refractivity contribution in [2.24, 2.45) is 28.9 Å². The van der Waals surface area contributed by atoms with Gasteiger partial charge in [0, 0.05) is 24.9 Å². The highest BCUT2D eigenvalue weighted by molar-refractivity contribution is 5.79. The Morgan fingerprint density at radius 3 is 2.72 bits per heavy atom. The maximum absolute atomic E-state index is 12.1. The van der Waals surface area contributed by atoms with Crippen LogP contribution in [0, 0.1) is 35.5 Å². The second-order valence-corrected chi connectivity index (χ2v) is 6.62. The maximum atomic E-state index is 12.1. The fourth-order valence-corrected chi connectivity index (χ4v) is 4.08. The van der Waals surface area contributed by atoms with E-state index in [1.165, 1.54) is 0 Å². The predicted octanol–water partition coefficient (Wildman–Crippen LogP) is 1.48. The van der Waals surface area contributed by atoms with Gasteiger partial charge in [0.25, 0.3) is 0 Å². The molecule has 4 atom stereocenters. The second kappa shape index (κ2) is 4.59. The van der Waals surface area contributed by atoms with Gasteiger partial charge < -0.3 is 10.6 Å². The van der Waals surface area contributed by atoms with Gasteiger partial charge in [-0.05, 0) is 30.2 Å². The summed E-state index contributed by atoms with van der Waals surface area (Å²) >= 11 is 0. The van der Waals surface area contributed by atoms with Crippen molar-refractivity contribution < 1.29 is 4.79 Å². The number of carbonyl (C=O) groups excluding carboxylic acids is 1. The van der Waals surface area contributed by atoms with Crippen LogP contribution >= 0.6 is 0 Å². The number of likely N-dealkylation sites (tertiary alicyclic amines) is 1. The van der Waals surface area contributed by atoms with E-state index >= 15 is 0 Å². The minimum atomic E-state index is 0.0897. The average Bonchev–Trinajstić information content (AvgIpc) is 2.75. The maximum Gasteiger partial charge on any atom is 0.224 e. The van der Waals surface area contributed by atoms with Gasteiger partial charge in [-0.3, -0.25) is 4.79 Å². The summed E-state index contributed by atoms with van der Waals surface area (Å²) in [7, 11) is 0. The summed E-state index contributed by atoms with van der Waals surface area (Å²) in [6.07, 6.45) is 7.10.